The Morgan fingerprint density at radius 3 is 2.48 bits per heavy atom. The minimum absolute atomic E-state index is 0.0954. The molecule has 2 heterocycles. The van der Waals surface area contributed by atoms with Crippen molar-refractivity contribution in [2.24, 2.45) is 0 Å². The van der Waals surface area contributed by atoms with Crippen LogP contribution < -0.4 is 16.0 Å². The molecule has 2 atom stereocenters. The number of nitrogens with one attached hydrogen (secondary N) is 3. The SMILES string of the molecule is O=C(NC(=O)c1ccccc1O)NC1CC2CCC(C1)N2. The largest absolute Gasteiger partial charge is 0.507 e. The molecule has 2 saturated heterocycles. The number of hydrogen-bond donors (Lipinski definition) is 4. The molecule has 0 aliphatic carbocycles. The summed E-state index contributed by atoms with van der Waals surface area (Å²) in [4.78, 5) is 23.8. The van der Waals surface area contributed by atoms with Crippen LogP contribution in [0.1, 0.15) is 36.0 Å². The Hall–Kier alpha value is -2.08. The van der Waals surface area contributed by atoms with Gasteiger partial charge in [0.05, 0.1) is 5.56 Å². The van der Waals surface area contributed by atoms with Crippen LogP contribution in [0.4, 0.5) is 4.79 Å². The average molecular weight is 289 g/mol. The molecule has 2 unspecified atom stereocenters. The molecule has 0 saturated carbocycles. The second-order valence-corrected chi connectivity index (χ2v) is 5.75. The first-order valence-electron chi connectivity index (χ1n) is 7.27. The van der Waals surface area contributed by atoms with Gasteiger partial charge in [0.15, 0.2) is 0 Å². The summed E-state index contributed by atoms with van der Waals surface area (Å²) in [6.07, 6.45) is 4.10. The molecule has 2 bridgehead atoms. The number of imide groups is 1. The van der Waals surface area contributed by atoms with Gasteiger partial charge in [-0.05, 0) is 37.8 Å². The first-order valence-corrected chi connectivity index (χ1v) is 7.27. The summed E-state index contributed by atoms with van der Waals surface area (Å²) in [6, 6.07) is 6.69. The summed E-state index contributed by atoms with van der Waals surface area (Å²) in [5.74, 6) is -0.731. The third-order valence-electron chi connectivity index (χ3n) is 4.18. The first-order chi connectivity index (χ1) is 10.1. The maximum absolute atomic E-state index is 11.9. The van der Waals surface area contributed by atoms with Gasteiger partial charge in [0.2, 0.25) is 0 Å². The van der Waals surface area contributed by atoms with Crippen molar-refractivity contribution >= 4 is 11.9 Å². The van der Waals surface area contributed by atoms with Crippen LogP contribution >= 0.6 is 0 Å². The highest BCUT2D eigenvalue weighted by molar-refractivity contribution is 6.05. The van der Waals surface area contributed by atoms with Gasteiger partial charge in [0.25, 0.3) is 5.91 Å². The van der Waals surface area contributed by atoms with Crippen molar-refractivity contribution in [2.75, 3.05) is 0 Å². The maximum atomic E-state index is 11.9. The number of benzene rings is 1. The van der Waals surface area contributed by atoms with E-state index in [1.807, 2.05) is 0 Å². The van der Waals surface area contributed by atoms with Gasteiger partial charge >= 0.3 is 6.03 Å². The molecule has 3 rings (SSSR count). The van der Waals surface area contributed by atoms with E-state index in [9.17, 15) is 14.7 Å². The van der Waals surface area contributed by atoms with Crippen LogP contribution in [0, 0.1) is 0 Å². The Balaban J connectivity index is 1.54. The molecule has 2 aliphatic heterocycles. The smallest absolute Gasteiger partial charge is 0.321 e. The van der Waals surface area contributed by atoms with Crippen molar-refractivity contribution < 1.29 is 14.7 Å². The Morgan fingerprint density at radius 2 is 1.81 bits per heavy atom. The van der Waals surface area contributed by atoms with Gasteiger partial charge in [-0.2, -0.15) is 0 Å². The zero-order chi connectivity index (χ0) is 14.8. The summed E-state index contributed by atoms with van der Waals surface area (Å²) in [6.45, 7) is 0. The molecule has 0 spiro atoms. The highest BCUT2D eigenvalue weighted by atomic mass is 16.3. The van der Waals surface area contributed by atoms with E-state index >= 15 is 0 Å². The minimum Gasteiger partial charge on any atom is -0.507 e. The predicted molar refractivity (Wildman–Crippen MR) is 77.1 cm³/mol. The van der Waals surface area contributed by atoms with Crippen molar-refractivity contribution in [1.29, 1.82) is 0 Å². The molecule has 2 aliphatic rings. The number of phenols is 1. The first kappa shape index (κ1) is 13.9. The van der Waals surface area contributed by atoms with E-state index in [-0.39, 0.29) is 17.4 Å². The topological polar surface area (TPSA) is 90.5 Å². The van der Waals surface area contributed by atoms with E-state index in [2.05, 4.69) is 16.0 Å². The molecule has 112 valence electrons. The number of piperidine rings is 1. The lowest BCUT2D eigenvalue weighted by atomic mass is 10.0. The number of aromatic hydroxyl groups is 1. The fraction of sp³-hybridized carbons (Fsp3) is 0.467. The molecular formula is C15H19N3O3. The zero-order valence-corrected chi connectivity index (χ0v) is 11.6. The number of carbonyl (C=O) groups excluding carboxylic acids is 2. The number of fused-ring (bicyclic) bond motifs is 2. The summed E-state index contributed by atoms with van der Waals surface area (Å²) in [5, 5.41) is 18.2. The van der Waals surface area contributed by atoms with Crippen LogP contribution in [0.15, 0.2) is 24.3 Å². The van der Waals surface area contributed by atoms with Gasteiger partial charge in [-0.15, -0.1) is 0 Å². The van der Waals surface area contributed by atoms with Gasteiger partial charge < -0.3 is 15.7 Å². The zero-order valence-electron chi connectivity index (χ0n) is 11.6. The van der Waals surface area contributed by atoms with Crippen LogP contribution in [0.2, 0.25) is 0 Å². The molecule has 6 heteroatoms. The molecule has 4 N–H and O–H groups in total. The molecule has 1 aromatic carbocycles. The number of phenolic OH excluding ortho intramolecular Hbond substituents is 1. The number of carbonyl (C=O) groups is 2. The van der Waals surface area contributed by atoms with E-state index in [0.29, 0.717) is 12.1 Å². The van der Waals surface area contributed by atoms with Crippen molar-refractivity contribution in [1.82, 2.24) is 16.0 Å². The van der Waals surface area contributed by atoms with Gasteiger partial charge in [0, 0.05) is 18.1 Å². The maximum Gasteiger partial charge on any atom is 0.321 e. The van der Waals surface area contributed by atoms with Gasteiger partial charge in [-0.1, -0.05) is 12.1 Å². The lowest BCUT2D eigenvalue weighted by molar-refractivity contribution is 0.0960. The van der Waals surface area contributed by atoms with E-state index in [1.165, 1.54) is 12.1 Å². The monoisotopic (exact) mass is 289 g/mol. The average Bonchev–Trinajstić information content (AvgIpc) is 2.78. The highest BCUT2D eigenvalue weighted by Crippen LogP contribution is 2.26. The fourth-order valence-electron chi connectivity index (χ4n) is 3.23. The molecule has 3 amide bonds. The van der Waals surface area contributed by atoms with E-state index < -0.39 is 11.9 Å². The predicted octanol–water partition coefficient (Wildman–Crippen LogP) is 1.11. The quantitative estimate of drug-likeness (QED) is 0.656. The van der Waals surface area contributed by atoms with E-state index in [1.54, 1.807) is 12.1 Å². The second-order valence-electron chi connectivity index (χ2n) is 5.75. The van der Waals surface area contributed by atoms with Crippen molar-refractivity contribution in [3.8, 4) is 5.75 Å². The molecule has 0 aromatic heterocycles. The summed E-state index contributed by atoms with van der Waals surface area (Å²) in [7, 11) is 0. The van der Waals surface area contributed by atoms with Crippen LogP contribution in [-0.2, 0) is 0 Å². The normalized spacial score (nSPS) is 27.1. The fourth-order valence-corrected chi connectivity index (χ4v) is 3.23. The number of amides is 3. The summed E-state index contributed by atoms with van der Waals surface area (Å²) >= 11 is 0. The number of rotatable bonds is 2. The third-order valence-corrected chi connectivity index (χ3v) is 4.18. The van der Waals surface area contributed by atoms with Crippen molar-refractivity contribution in [3.63, 3.8) is 0 Å². The molecule has 6 nitrogen and oxygen atoms in total. The van der Waals surface area contributed by atoms with Crippen LogP contribution in [0.5, 0.6) is 5.75 Å². The Bertz CT molecular complexity index is 549. The second kappa shape index (κ2) is 5.73. The van der Waals surface area contributed by atoms with Crippen LogP contribution in [0.3, 0.4) is 0 Å². The molecule has 21 heavy (non-hydrogen) atoms. The Morgan fingerprint density at radius 1 is 1.14 bits per heavy atom. The molecule has 0 radical (unpaired) electrons. The number of urea groups is 1. The van der Waals surface area contributed by atoms with E-state index in [4.69, 9.17) is 0 Å². The third kappa shape index (κ3) is 3.16. The molecule has 2 fully saturated rings. The van der Waals surface area contributed by atoms with Gasteiger partial charge in [-0.3, -0.25) is 10.1 Å². The molecular weight excluding hydrogens is 270 g/mol. The van der Waals surface area contributed by atoms with E-state index in [0.717, 1.165) is 25.7 Å². The van der Waals surface area contributed by atoms with Crippen molar-refractivity contribution in [3.05, 3.63) is 29.8 Å². The van der Waals surface area contributed by atoms with Gasteiger partial charge in [0.1, 0.15) is 5.75 Å². The minimum atomic E-state index is -0.595. The molecule has 1 aromatic rings. The summed E-state index contributed by atoms with van der Waals surface area (Å²) < 4.78 is 0. The van der Waals surface area contributed by atoms with Crippen LogP contribution in [-0.4, -0.2) is 35.2 Å². The van der Waals surface area contributed by atoms with Crippen LogP contribution in [0.25, 0.3) is 0 Å². The Kier molecular flexibility index (Phi) is 3.79. The number of hydrogen-bond acceptors (Lipinski definition) is 4. The van der Waals surface area contributed by atoms with Crippen molar-refractivity contribution in [2.45, 2.75) is 43.8 Å². The highest BCUT2D eigenvalue weighted by Gasteiger charge is 2.34. The standard InChI is InChI=1S/C15H19N3O3/c19-13-4-2-1-3-12(13)14(20)18-15(21)17-11-7-9-5-6-10(8-11)16-9/h1-4,9-11,16,19H,5-8H2,(H2,17,18,20,21). The number of para-hydroxylation sites is 1. The Labute approximate surface area is 122 Å². The lowest BCUT2D eigenvalue weighted by Crippen LogP contribution is -2.51. The lowest BCUT2D eigenvalue weighted by Gasteiger charge is -2.29. The summed E-state index contributed by atoms with van der Waals surface area (Å²) in [5.41, 5.74) is 0.0954. The van der Waals surface area contributed by atoms with Gasteiger partial charge in [-0.25, -0.2) is 4.79 Å².